The summed E-state index contributed by atoms with van der Waals surface area (Å²) >= 11 is 5.93. The minimum Gasteiger partial charge on any atom is -0.333 e. The maximum atomic E-state index is 12.4. The Labute approximate surface area is 165 Å². The molecular weight excluding hydrogens is 356 g/mol. The highest BCUT2D eigenvalue weighted by Crippen LogP contribution is 2.19. The Morgan fingerprint density at radius 1 is 0.963 bits per heavy atom. The fourth-order valence-corrected chi connectivity index (χ4v) is 3.13. The lowest BCUT2D eigenvalue weighted by atomic mass is 10.0. The molecule has 4 heteroatoms. The van der Waals surface area contributed by atoms with Crippen LogP contribution in [0.2, 0.25) is 5.02 Å². The van der Waals surface area contributed by atoms with Gasteiger partial charge in [0.1, 0.15) is 6.04 Å². The van der Waals surface area contributed by atoms with Crippen LogP contribution in [0, 0.1) is 0 Å². The van der Waals surface area contributed by atoms with E-state index in [1.165, 1.54) is 5.56 Å². The van der Waals surface area contributed by atoms with Gasteiger partial charge < -0.3 is 10.6 Å². The number of amides is 1. The first-order chi connectivity index (χ1) is 13.1. The van der Waals surface area contributed by atoms with Gasteiger partial charge in [-0.25, -0.2) is 0 Å². The number of nitrogens with two attached hydrogens (primary N) is 1. The van der Waals surface area contributed by atoms with E-state index >= 15 is 0 Å². The molecule has 138 valence electrons. The van der Waals surface area contributed by atoms with E-state index in [9.17, 15) is 4.79 Å². The predicted molar refractivity (Wildman–Crippen MR) is 111 cm³/mol. The number of benzene rings is 3. The normalized spacial score (nSPS) is 11.8. The van der Waals surface area contributed by atoms with Crippen LogP contribution in [0.25, 0.3) is 0 Å². The molecule has 0 radical (unpaired) electrons. The van der Waals surface area contributed by atoms with Crippen LogP contribution in [0.5, 0.6) is 0 Å². The molecule has 27 heavy (non-hydrogen) atoms. The van der Waals surface area contributed by atoms with E-state index in [1.807, 2.05) is 66.0 Å². The lowest BCUT2D eigenvalue weighted by Gasteiger charge is -2.13. The first-order valence-electron chi connectivity index (χ1n) is 9.12. The van der Waals surface area contributed by atoms with Crippen molar-refractivity contribution in [2.45, 2.75) is 19.4 Å². The summed E-state index contributed by atoms with van der Waals surface area (Å²) in [7, 11) is 0. The first-order valence-corrected chi connectivity index (χ1v) is 9.50. The SMILES string of the molecule is C[C@H]([NH2+]CC(=O)Nc1ccccc1Cc1ccccc1)c1ccc(Cl)cc1. The van der Waals surface area contributed by atoms with Gasteiger partial charge in [0.05, 0.1) is 0 Å². The molecule has 0 saturated carbocycles. The Hall–Kier alpha value is -2.62. The van der Waals surface area contributed by atoms with E-state index in [1.54, 1.807) is 0 Å². The number of halogens is 1. The van der Waals surface area contributed by atoms with Gasteiger partial charge in [-0.1, -0.05) is 72.3 Å². The van der Waals surface area contributed by atoms with Crippen LogP contribution in [0.1, 0.15) is 29.7 Å². The number of anilines is 1. The molecule has 0 spiro atoms. The van der Waals surface area contributed by atoms with Gasteiger partial charge >= 0.3 is 0 Å². The van der Waals surface area contributed by atoms with Crippen LogP contribution >= 0.6 is 11.6 Å². The summed E-state index contributed by atoms with van der Waals surface area (Å²) in [6.45, 7) is 2.45. The quantitative estimate of drug-likeness (QED) is 0.635. The standard InChI is InChI=1S/C23H23ClN2O/c1-17(19-11-13-21(24)14-12-19)25-16-23(27)26-22-10-6-5-9-20(22)15-18-7-3-2-4-8-18/h2-14,17,25H,15-16H2,1H3,(H,26,27)/p+1/t17-/m0/s1. The molecule has 0 aliphatic carbocycles. The van der Waals surface area contributed by atoms with E-state index in [0.29, 0.717) is 6.54 Å². The second kappa shape index (κ2) is 9.36. The van der Waals surface area contributed by atoms with E-state index in [2.05, 4.69) is 30.4 Å². The number of para-hydroxylation sites is 1. The van der Waals surface area contributed by atoms with Crippen molar-refractivity contribution in [1.82, 2.24) is 0 Å². The third-order valence-electron chi connectivity index (χ3n) is 4.58. The van der Waals surface area contributed by atoms with E-state index in [0.717, 1.165) is 28.3 Å². The maximum absolute atomic E-state index is 12.4. The van der Waals surface area contributed by atoms with Crippen LogP contribution in [0.4, 0.5) is 5.69 Å². The highest BCUT2D eigenvalue weighted by Gasteiger charge is 2.13. The van der Waals surface area contributed by atoms with E-state index < -0.39 is 0 Å². The lowest BCUT2D eigenvalue weighted by molar-refractivity contribution is -0.682. The molecule has 0 bridgehead atoms. The molecule has 3 rings (SSSR count). The maximum Gasteiger partial charge on any atom is 0.279 e. The van der Waals surface area contributed by atoms with Gasteiger partial charge in [-0.15, -0.1) is 0 Å². The van der Waals surface area contributed by atoms with Crippen molar-refractivity contribution in [2.75, 3.05) is 11.9 Å². The minimum absolute atomic E-state index is 0.00340. The highest BCUT2D eigenvalue weighted by molar-refractivity contribution is 6.30. The topological polar surface area (TPSA) is 45.7 Å². The van der Waals surface area contributed by atoms with Gasteiger partial charge in [-0.2, -0.15) is 0 Å². The van der Waals surface area contributed by atoms with Gasteiger partial charge in [0, 0.05) is 16.3 Å². The smallest absolute Gasteiger partial charge is 0.279 e. The summed E-state index contributed by atoms with van der Waals surface area (Å²) < 4.78 is 0. The molecule has 1 atom stereocenters. The zero-order valence-electron chi connectivity index (χ0n) is 15.4. The molecule has 0 aliphatic heterocycles. The number of quaternary nitrogens is 1. The zero-order chi connectivity index (χ0) is 19.1. The van der Waals surface area contributed by atoms with Gasteiger partial charge in [-0.3, -0.25) is 4.79 Å². The lowest BCUT2D eigenvalue weighted by Crippen LogP contribution is -2.86. The van der Waals surface area contributed by atoms with Crippen molar-refractivity contribution in [1.29, 1.82) is 0 Å². The third kappa shape index (κ3) is 5.68. The number of rotatable bonds is 7. The average Bonchev–Trinajstić information content (AvgIpc) is 2.69. The van der Waals surface area contributed by atoms with Crippen LogP contribution in [0.15, 0.2) is 78.9 Å². The third-order valence-corrected chi connectivity index (χ3v) is 4.83. The molecule has 3 aromatic carbocycles. The van der Waals surface area contributed by atoms with Gasteiger partial charge in [-0.05, 0) is 42.7 Å². The molecular formula is C23H24ClN2O+. The van der Waals surface area contributed by atoms with Crippen molar-refractivity contribution in [3.63, 3.8) is 0 Å². The van der Waals surface area contributed by atoms with Crippen molar-refractivity contribution >= 4 is 23.2 Å². The van der Waals surface area contributed by atoms with Crippen molar-refractivity contribution in [3.8, 4) is 0 Å². The molecule has 3 aromatic rings. The van der Waals surface area contributed by atoms with Crippen LogP contribution in [-0.4, -0.2) is 12.5 Å². The zero-order valence-corrected chi connectivity index (χ0v) is 16.1. The molecule has 0 aliphatic rings. The average molecular weight is 380 g/mol. The summed E-state index contributed by atoms with van der Waals surface area (Å²) in [5.74, 6) is -0.00340. The Morgan fingerprint density at radius 3 is 2.37 bits per heavy atom. The molecule has 3 N–H and O–H groups in total. The van der Waals surface area contributed by atoms with Gasteiger partial charge in [0.15, 0.2) is 6.54 Å². The van der Waals surface area contributed by atoms with E-state index in [-0.39, 0.29) is 11.9 Å². The Balaban J connectivity index is 1.58. The number of hydrogen-bond donors (Lipinski definition) is 2. The fourth-order valence-electron chi connectivity index (χ4n) is 3.00. The van der Waals surface area contributed by atoms with Crippen molar-refractivity contribution in [2.24, 2.45) is 0 Å². The van der Waals surface area contributed by atoms with Crippen LogP contribution in [0.3, 0.4) is 0 Å². The van der Waals surface area contributed by atoms with Crippen LogP contribution < -0.4 is 10.6 Å². The largest absolute Gasteiger partial charge is 0.333 e. The number of carbonyl (C=O) groups is 1. The first kappa shape index (κ1) is 19.2. The van der Waals surface area contributed by atoms with E-state index in [4.69, 9.17) is 11.6 Å². The molecule has 3 nitrogen and oxygen atoms in total. The Kier molecular flexibility index (Phi) is 6.64. The minimum atomic E-state index is -0.00340. The summed E-state index contributed by atoms with van der Waals surface area (Å²) in [4.78, 5) is 12.4. The van der Waals surface area contributed by atoms with Crippen molar-refractivity contribution in [3.05, 3.63) is 101 Å². The molecule has 0 heterocycles. The summed E-state index contributed by atoms with van der Waals surface area (Å²) in [5, 5.41) is 5.80. The number of hydrogen-bond acceptors (Lipinski definition) is 1. The summed E-state index contributed by atoms with van der Waals surface area (Å²) in [5.41, 5.74) is 4.36. The summed E-state index contributed by atoms with van der Waals surface area (Å²) in [6.07, 6.45) is 0.794. The van der Waals surface area contributed by atoms with Crippen molar-refractivity contribution < 1.29 is 10.1 Å². The monoisotopic (exact) mass is 379 g/mol. The fraction of sp³-hybridized carbons (Fsp3) is 0.174. The molecule has 0 unspecified atom stereocenters. The molecule has 0 fully saturated rings. The second-order valence-corrected chi connectivity index (χ2v) is 7.08. The molecule has 0 saturated heterocycles. The predicted octanol–water partition coefficient (Wildman–Crippen LogP) is 4.19. The Morgan fingerprint density at radius 2 is 1.63 bits per heavy atom. The van der Waals surface area contributed by atoms with Gasteiger partial charge in [0.25, 0.3) is 5.91 Å². The highest BCUT2D eigenvalue weighted by atomic mass is 35.5. The molecule has 0 aromatic heterocycles. The van der Waals surface area contributed by atoms with Crippen LogP contribution in [-0.2, 0) is 11.2 Å². The molecule has 1 amide bonds. The number of carbonyl (C=O) groups excluding carboxylic acids is 1. The summed E-state index contributed by atoms with van der Waals surface area (Å²) in [6, 6.07) is 26.2. The van der Waals surface area contributed by atoms with Gasteiger partial charge in [0.2, 0.25) is 0 Å². The Bertz CT molecular complexity index is 878. The second-order valence-electron chi connectivity index (χ2n) is 6.65. The number of nitrogens with one attached hydrogen (secondary N) is 1.